The van der Waals surface area contributed by atoms with Gasteiger partial charge in [0.2, 0.25) is 5.91 Å². The van der Waals surface area contributed by atoms with Crippen molar-refractivity contribution < 1.29 is 4.79 Å². The molecule has 1 atom stereocenters. The molecule has 0 saturated carbocycles. The van der Waals surface area contributed by atoms with Crippen LogP contribution in [0.25, 0.3) is 0 Å². The summed E-state index contributed by atoms with van der Waals surface area (Å²) in [5.41, 5.74) is 1.80. The molecule has 27 heavy (non-hydrogen) atoms. The van der Waals surface area contributed by atoms with Crippen LogP contribution in [0.2, 0.25) is 0 Å². The van der Waals surface area contributed by atoms with Crippen LogP contribution in [0.15, 0.2) is 47.4 Å². The van der Waals surface area contributed by atoms with Crippen molar-refractivity contribution in [3.63, 3.8) is 0 Å². The molecule has 0 aliphatic carbocycles. The van der Waals surface area contributed by atoms with Gasteiger partial charge < -0.3 is 14.7 Å². The van der Waals surface area contributed by atoms with Crippen molar-refractivity contribution >= 4 is 17.3 Å². The number of rotatable bonds is 3. The first-order valence-electron chi connectivity index (χ1n) is 9.59. The van der Waals surface area contributed by atoms with Gasteiger partial charge >= 0.3 is 0 Å². The molecule has 0 radical (unpaired) electrons. The second-order valence-electron chi connectivity index (χ2n) is 7.24. The zero-order valence-corrected chi connectivity index (χ0v) is 15.4. The fraction of sp³-hybridized carbons (Fsp3) is 0.450. The summed E-state index contributed by atoms with van der Waals surface area (Å²) in [6, 6.07) is 11.9. The van der Waals surface area contributed by atoms with Crippen molar-refractivity contribution in [1.29, 1.82) is 0 Å². The molecule has 1 unspecified atom stereocenters. The van der Waals surface area contributed by atoms with Crippen molar-refractivity contribution in [2.45, 2.75) is 12.8 Å². The number of nitrogens with one attached hydrogen (secondary N) is 1. The maximum absolute atomic E-state index is 13.0. The summed E-state index contributed by atoms with van der Waals surface area (Å²) >= 11 is 0. The van der Waals surface area contributed by atoms with Gasteiger partial charge in [0.05, 0.1) is 17.8 Å². The minimum absolute atomic E-state index is 0.0127. The number of aromatic nitrogens is 2. The Morgan fingerprint density at radius 3 is 2.52 bits per heavy atom. The van der Waals surface area contributed by atoms with Crippen LogP contribution in [0.4, 0.5) is 11.4 Å². The fourth-order valence-electron chi connectivity index (χ4n) is 4.03. The quantitative estimate of drug-likeness (QED) is 0.886. The third-order valence-corrected chi connectivity index (χ3v) is 5.50. The minimum Gasteiger partial charge on any atom is -0.369 e. The SMILES string of the molecule is O=C(C1CCCN(c2cn[nH]c(=O)c2)C1)N1CCN(c2ccccc2)CC1. The summed E-state index contributed by atoms with van der Waals surface area (Å²) in [5, 5.41) is 6.28. The van der Waals surface area contributed by atoms with Crippen molar-refractivity contribution in [2.24, 2.45) is 5.92 Å². The standard InChI is InChI=1S/C20H25N5O2/c26-19-13-18(14-21-22-19)25-8-4-5-16(15-25)20(27)24-11-9-23(10-12-24)17-6-2-1-3-7-17/h1-3,6-7,13-14,16H,4-5,8-12,15H2,(H,22,26). The Labute approximate surface area is 158 Å². The highest BCUT2D eigenvalue weighted by atomic mass is 16.2. The zero-order chi connectivity index (χ0) is 18.6. The van der Waals surface area contributed by atoms with Crippen molar-refractivity contribution in [3.05, 3.63) is 52.9 Å². The molecule has 3 heterocycles. The molecule has 1 N–H and O–H groups in total. The number of anilines is 2. The van der Waals surface area contributed by atoms with Gasteiger partial charge in [-0.2, -0.15) is 5.10 Å². The van der Waals surface area contributed by atoms with E-state index >= 15 is 0 Å². The number of piperazine rings is 1. The molecule has 2 saturated heterocycles. The first-order chi connectivity index (χ1) is 13.2. The van der Waals surface area contributed by atoms with Crippen LogP contribution in [-0.4, -0.2) is 60.3 Å². The average Bonchev–Trinajstić information content (AvgIpc) is 2.74. The lowest BCUT2D eigenvalue weighted by Crippen LogP contribution is -2.52. The molecule has 2 aromatic rings. The van der Waals surface area contributed by atoms with Gasteiger partial charge in [0.1, 0.15) is 0 Å². The van der Waals surface area contributed by atoms with Crippen LogP contribution in [0.3, 0.4) is 0 Å². The molecule has 142 valence electrons. The lowest BCUT2D eigenvalue weighted by atomic mass is 9.96. The summed E-state index contributed by atoms with van der Waals surface area (Å²) in [7, 11) is 0. The maximum atomic E-state index is 13.0. The Bertz CT molecular complexity index is 830. The summed E-state index contributed by atoms with van der Waals surface area (Å²) < 4.78 is 0. The number of benzene rings is 1. The average molecular weight is 367 g/mol. The van der Waals surface area contributed by atoms with Crippen molar-refractivity contribution in [2.75, 3.05) is 49.1 Å². The van der Waals surface area contributed by atoms with E-state index in [4.69, 9.17) is 0 Å². The number of nitrogens with zero attached hydrogens (tertiary/aromatic N) is 4. The van der Waals surface area contributed by atoms with Gasteiger partial charge in [-0.05, 0) is 25.0 Å². The molecule has 7 nitrogen and oxygen atoms in total. The zero-order valence-electron chi connectivity index (χ0n) is 15.4. The van der Waals surface area contributed by atoms with E-state index in [2.05, 4.69) is 32.1 Å². The molecular formula is C20H25N5O2. The molecule has 4 rings (SSSR count). The number of carbonyl (C=O) groups is 1. The summed E-state index contributed by atoms with van der Waals surface area (Å²) in [6.07, 6.45) is 3.52. The van der Waals surface area contributed by atoms with Gasteiger partial charge in [-0.1, -0.05) is 18.2 Å². The summed E-state index contributed by atoms with van der Waals surface area (Å²) in [6.45, 7) is 4.77. The molecule has 2 aliphatic heterocycles. The number of hydrogen-bond acceptors (Lipinski definition) is 5. The van der Waals surface area contributed by atoms with Crippen LogP contribution in [0.1, 0.15) is 12.8 Å². The Hall–Kier alpha value is -2.83. The highest BCUT2D eigenvalue weighted by Gasteiger charge is 2.31. The number of para-hydroxylation sites is 1. The van der Waals surface area contributed by atoms with Crippen LogP contribution in [-0.2, 0) is 4.79 Å². The van der Waals surface area contributed by atoms with E-state index in [1.807, 2.05) is 23.1 Å². The number of amides is 1. The molecule has 7 heteroatoms. The first-order valence-corrected chi connectivity index (χ1v) is 9.59. The van der Waals surface area contributed by atoms with E-state index in [1.165, 1.54) is 5.69 Å². The summed E-state index contributed by atoms with van der Waals surface area (Å²) in [5.74, 6) is 0.228. The van der Waals surface area contributed by atoms with Crippen molar-refractivity contribution in [3.8, 4) is 0 Å². The lowest BCUT2D eigenvalue weighted by Gasteiger charge is -2.40. The monoisotopic (exact) mass is 367 g/mol. The lowest BCUT2D eigenvalue weighted by molar-refractivity contribution is -0.136. The molecule has 2 fully saturated rings. The Morgan fingerprint density at radius 2 is 1.78 bits per heavy atom. The van der Waals surface area contributed by atoms with E-state index in [0.29, 0.717) is 6.54 Å². The molecule has 0 spiro atoms. The second kappa shape index (κ2) is 7.82. The minimum atomic E-state index is -0.210. The van der Waals surface area contributed by atoms with Crippen LogP contribution >= 0.6 is 0 Å². The number of hydrogen-bond donors (Lipinski definition) is 1. The Balaban J connectivity index is 1.36. The largest absolute Gasteiger partial charge is 0.369 e. The van der Waals surface area contributed by atoms with E-state index in [-0.39, 0.29) is 17.4 Å². The topological polar surface area (TPSA) is 72.5 Å². The number of carbonyl (C=O) groups excluding carboxylic acids is 1. The van der Waals surface area contributed by atoms with Gasteiger partial charge in [-0.15, -0.1) is 0 Å². The number of piperidine rings is 1. The van der Waals surface area contributed by atoms with Gasteiger partial charge in [-0.25, -0.2) is 5.10 Å². The molecule has 1 aromatic heterocycles. The molecule has 1 amide bonds. The van der Waals surface area contributed by atoms with Crippen LogP contribution in [0, 0.1) is 5.92 Å². The van der Waals surface area contributed by atoms with Crippen LogP contribution in [0.5, 0.6) is 0 Å². The highest BCUT2D eigenvalue weighted by Crippen LogP contribution is 2.24. The number of H-pyrrole nitrogens is 1. The third kappa shape index (κ3) is 3.97. The van der Waals surface area contributed by atoms with Gasteiger partial charge in [0, 0.05) is 51.0 Å². The van der Waals surface area contributed by atoms with E-state index in [9.17, 15) is 9.59 Å². The van der Waals surface area contributed by atoms with E-state index in [0.717, 1.165) is 51.3 Å². The Kier molecular flexibility index (Phi) is 5.09. The Morgan fingerprint density at radius 1 is 1.00 bits per heavy atom. The fourth-order valence-corrected chi connectivity index (χ4v) is 4.03. The first kappa shape index (κ1) is 17.6. The maximum Gasteiger partial charge on any atom is 0.266 e. The molecule has 1 aromatic carbocycles. The van der Waals surface area contributed by atoms with E-state index in [1.54, 1.807) is 12.3 Å². The van der Waals surface area contributed by atoms with Crippen molar-refractivity contribution in [1.82, 2.24) is 15.1 Å². The van der Waals surface area contributed by atoms with E-state index < -0.39 is 0 Å². The third-order valence-electron chi connectivity index (χ3n) is 5.50. The number of aromatic amines is 1. The van der Waals surface area contributed by atoms with Gasteiger partial charge in [0.25, 0.3) is 5.56 Å². The molecule has 2 aliphatic rings. The predicted molar refractivity (Wildman–Crippen MR) is 105 cm³/mol. The highest BCUT2D eigenvalue weighted by molar-refractivity contribution is 5.80. The second-order valence-corrected chi connectivity index (χ2v) is 7.24. The predicted octanol–water partition coefficient (Wildman–Crippen LogP) is 1.34. The summed E-state index contributed by atoms with van der Waals surface area (Å²) in [4.78, 5) is 31.0. The van der Waals surface area contributed by atoms with Gasteiger partial charge in [0.15, 0.2) is 0 Å². The smallest absolute Gasteiger partial charge is 0.266 e. The van der Waals surface area contributed by atoms with Crippen LogP contribution < -0.4 is 15.4 Å². The molecule has 0 bridgehead atoms. The normalized spacial score (nSPS) is 20.6. The van der Waals surface area contributed by atoms with Gasteiger partial charge in [-0.3, -0.25) is 9.59 Å². The molecular weight excluding hydrogens is 342 g/mol.